The number of rotatable bonds is 9. The Balaban J connectivity index is 1.62. The summed E-state index contributed by atoms with van der Waals surface area (Å²) in [6, 6.07) is 16.4. The van der Waals surface area contributed by atoms with Crippen LogP contribution in [0.3, 0.4) is 0 Å². The van der Waals surface area contributed by atoms with Crippen LogP contribution < -0.4 is 25.4 Å². The first-order valence-electron chi connectivity index (χ1n) is 10.9. The van der Waals surface area contributed by atoms with E-state index in [1.54, 1.807) is 39.5 Å². The van der Waals surface area contributed by atoms with E-state index in [4.69, 9.17) is 14.2 Å². The third-order valence-electron chi connectivity index (χ3n) is 5.69. The lowest BCUT2D eigenvalue weighted by Gasteiger charge is -2.16. The molecule has 8 nitrogen and oxygen atoms in total. The molecule has 2 amide bonds. The molecule has 0 atom stereocenters. The van der Waals surface area contributed by atoms with Gasteiger partial charge < -0.3 is 30.2 Å². The van der Waals surface area contributed by atoms with Gasteiger partial charge in [-0.1, -0.05) is 18.2 Å². The number of carbonyl (C=O) groups is 2. The number of hydrogen-bond donors (Lipinski definition) is 3. The van der Waals surface area contributed by atoms with Crippen molar-refractivity contribution in [2.24, 2.45) is 0 Å². The smallest absolute Gasteiger partial charge is 0.255 e. The molecule has 0 saturated carbocycles. The Morgan fingerprint density at radius 1 is 0.971 bits per heavy atom. The highest BCUT2D eigenvalue weighted by Crippen LogP contribution is 2.42. The second-order valence-corrected chi connectivity index (χ2v) is 7.69. The minimum absolute atomic E-state index is 0.230. The molecule has 176 valence electrons. The van der Waals surface area contributed by atoms with E-state index in [0.29, 0.717) is 48.0 Å². The van der Waals surface area contributed by atoms with Gasteiger partial charge in [0.2, 0.25) is 0 Å². The number of anilines is 2. The summed E-state index contributed by atoms with van der Waals surface area (Å²) in [7, 11) is 4.81. The average molecular weight is 462 g/mol. The third kappa shape index (κ3) is 4.53. The summed E-state index contributed by atoms with van der Waals surface area (Å²) in [6.45, 7) is 1.62. The minimum Gasteiger partial charge on any atom is -0.493 e. The molecule has 0 fully saturated rings. The Labute approximate surface area is 198 Å². The van der Waals surface area contributed by atoms with Crippen molar-refractivity contribution in [2.45, 2.75) is 6.54 Å². The molecule has 1 heterocycles. The van der Waals surface area contributed by atoms with Gasteiger partial charge in [-0.25, -0.2) is 0 Å². The van der Waals surface area contributed by atoms with E-state index in [9.17, 15) is 9.59 Å². The Kier molecular flexibility index (Phi) is 6.98. The standard InChI is InChI=1S/C26H27N3O5/c1-32-14-13-27-17-9-7-16(8-10-17)25(30)29-21-12-11-18(20-15-28-26(31)23(20)21)19-5-4-6-22(33-2)24(19)34-3/h4-12,27H,13-15H2,1-3H3,(H,28,31)(H,29,30). The molecule has 0 unspecified atom stereocenters. The maximum atomic E-state index is 12.9. The van der Waals surface area contributed by atoms with E-state index in [0.717, 1.165) is 22.4 Å². The number of fused-ring (bicyclic) bond motifs is 1. The first-order chi connectivity index (χ1) is 16.6. The van der Waals surface area contributed by atoms with Crippen LogP contribution in [0, 0.1) is 0 Å². The summed E-state index contributed by atoms with van der Waals surface area (Å²) in [6.07, 6.45) is 0. The summed E-state index contributed by atoms with van der Waals surface area (Å²) in [5.41, 5.74) is 4.74. The number of benzene rings is 3. The summed E-state index contributed by atoms with van der Waals surface area (Å²) in [5.74, 6) is 0.662. The Hall–Kier alpha value is -4.04. The Morgan fingerprint density at radius 3 is 2.47 bits per heavy atom. The van der Waals surface area contributed by atoms with Crippen LogP contribution in [-0.2, 0) is 11.3 Å². The van der Waals surface area contributed by atoms with Crippen LogP contribution >= 0.6 is 0 Å². The number of ether oxygens (including phenoxy) is 3. The monoisotopic (exact) mass is 461 g/mol. The largest absolute Gasteiger partial charge is 0.493 e. The second-order valence-electron chi connectivity index (χ2n) is 7.69. The van der Waals surface area contributed by atoms with E-state index >= 15 is 0 Å². The van der Waals surface area contributed by atoms with Crippen LogP contribution in [0.25, 0.3) is 11.1 Å². The molecule has 8 heteroatoms. The summed E-state index contributed by atoms with van der Waals surface area (Å²) in [5, 5.41) is 8.97. The molecule has 1 aliphatic rings. The lowest BCUT2D eigenvalue weighted by atomic mass is 9.94. The van der Waals surface area contributed by atoms with Gasteiger partial charge in [0.15, 0.2) is 11.5 Å². The van der Waals surface area contributed by atoms with Gasteiger partial charge in [0.1, 0.15) is 0 Å². The molecule has 0 aromatic heterocycles. The molecule has 4 rings (SSSR count). The van der Waals surface area contributed by atoms with Crippen molar-refractivity contribution >= 4 is 23.2 Å². The van der Waals surface area contributed by atoms with Crippen LogP contribution in [0.4, 0.5) is 11.4 Å². The van der Waals surface area contributed by atoms with Crippen molar-refractivity contribution < 1.29 is 23.8 Å². The van der Waals surface area contributed by atoms with Gasteiger partial charge in [0.25, 0.3) is 11.8 Å². The molecular formula is C26H27N3O5. The average Bonchev–Trinajstić information content (AvgIpc) is 3.26. The molecule has 34 heavy (non-hydrogen) atoms. The molecule has 1 aliphatic heterocycles. The number of para-hydroxylation sites is 1. The van der Waals surface area contributed by atoms with Gasteiger partial charge in [-0.3, -0.25) is 9.59 Å². The topological polar surface area (TPSA) is 97.9 Å². The van der Waals surface area contributed by atoms with Crippen LogP contribution in [0.1, 0.15) is 26.3 Å². The van der Waals surface area contributed by atoms with E-state index < -0.39 is 0 Å². The number of carbonyl (C=O) groups excluding carboxylic acids is 2. The van der Waals surface area contributed by atoms with Crippen LogP contribution in [0.5, 0.6) is 11.5 Å². The molecule has 3 aromatic carbocycles. The Morgan fingerprint density at radius 2 is 1.76 bits per heavy atom. The SMILES string of the molecule is COCCNc1ccc(C(=O)Nc2ccc(-c3cccc(OC)c3OC)c3c2C(=O)NC3)cc1. The fourth-order valence-electron chi connectivity index (χ4n) is 4.03. The molecular weight excluding hydrogens is 434 g/mol. The number of amides is 2. The van der Waals surface area contributed by atoms with E-state index in [-0.39, 0.29) is 11.8 Å². The van der Waals surface area contributed by atoms with Crippen molar-refractivity contribution in [1.29, 1.82) is 0 Å². The van der Waals surface area contributed by atoms with Gasteiger partial charge in [-0.2, -0.15) is 0 Å². The highest BCUT2D eigenvalue weighted by Gasteiger charge is 2.28. The molecule has 0 bridgehead atoms. The maximum Gasteiger partial charge on any atom is 0.255 e. The summed E-state index contributed by atoms with van der Waals surface area (Å²) in [4.78, 5) is 25.6. The van der Waals surface area contributed by atoms with Crippen molar-refractivity contribution in [2.75, 3.05) is 45.1 Å². The first kappa shape index (κ1) is 23.1. The number of methoxy groups -OCH3 is 3. The van der Waals surface area contributed by atoms with Crippen LogP contribution in [0.2, 0.25) is 0 Å². The van der Waals surface area contributed by atoms with Crippen molar-refractivity contribution in [1.82, 2.24) is 5.32 Å². The minimum atomic E-state index is -0.294. The van der Waals surface area contributed by atoms with Crippen molar-refractivity contribution in [3.63, 3.8) is 0 Å². The molecule has 3 N–H and O–H groups in total. The van der Waals surface area contributed by atoms with Gasteiger partial charge in [0.05, 0.1) is 32.1 Å². The predicted octanol–water partition coefficient (Wildman–Crippen LogP) is 3.92. The highest BCUT2D eigenvalue weighted by atomic mass is 16.5. The zero-order valence-electron chi connectivity index (χ0n) is 19.4. The zero-order valence-corrected chi connectivity index (χ0v) is 19.4. The lowest BCUT2D eigenvalue weighted by molar-refractivity contribution is 0.0966. The van der Waals surface area contributed by atoms with Crippen LogP contribution in [0.15, 0.2) is 54.6 Å². The second kappa shape index (κ2) is 10.3. The quantitative estimate of drug-likeness (QED) is 0.418. The van der Waals surface area contributed by atoms with E-state index in [1.807, 2.05) is 36.4 Å². The molecule has 0 radical (unpaired) electrons. The molecule has 0 spiro atoms. The van der Waals surface area contributed by atoms with Gasteiger partial charge >= 0.3 is 0 Å². The molecule has 0 aliphatic carbocycles. The van der Waals surface area contributed by atoms with Crippen molar-refractivity contribution in [3.05, 3.63) is 71.3 Å². The summed E-state index contributed by atoms with van der Waals surface area (Å²) < 4.78 is 16.0. The Bertz CT molecular complexity index is 1210. The predicted molar refractivity (Wildman–Crippen MR) is 131 cm³/mol. The van der Waals surface area contributed by atoms with E-state index in [2.05, 4.69) is 16.0 Å². The maximum absolute atomic E-state index is 12.9. The zero-order chi connectivity index (χ0) is 24.1. The number of nitrogens with one attached hydrogen (secondary N) is 3. The van der Waals surface area contributed by atoms with Gasteiger partial charge in [-0.15, -0.1) is 0 Å². The fraction of sp³-hybridized carbons (Fsp3) is 0.231. The number of hydrogen-bond acceptors (Lipinski definition) is 6. The first-order valence-corrected chi connectivity index (χ1v) is 10.9. The fourth-order valence-corrected chi connectivity index (χ4v) is 4.03. The normalized spacial score (nSPS) is 12.0. The highest BCUT2D eigenvalue weighted by molar-refractivity contribution is 6.11. The van der Waals surface area contributed by atoms with Crippen molar-refractivity contribution in [3.8, 4) is 22.6 Å². The summed E-state index contributed by atoms with van der Waals surface area (Å²) >= 11 is 0. The third-order valence-corrected chi connectivity index (χ3v) is 5.69. The van der Waals surface area contributed by atoms with Crippen LogP contribution in [-0.4, -0.2) is 46.3 Å². The van der Waals surface area contributed by atoms with Gasteiger partial charge in [0, 0.05) is 37.0 Å². The van der Waals surface area contributed by atoms with E-state index in [1.165, 1.54) is 0 Å². The van der Waals surface area contributed by atoms with Gasteiger partial charge in [-0.05, 0) is 47.5 Å². The molecule has 0 saturated heterocycles. The molecule has 3 aromatic rings. The lowest BCUT2D eigenvalue weighted by Crippen LogP contribution is -2.17.